The first-order valence-electron chi connectivity index (χ1n) is 15.6. The predicted molar refractivity (Wildman–Crippen MR) is 183 cm³/mol. The summed E-state index contributed by atoms with van der Waals surface area (Å²) in [6.07, 6.45) is 3.44. The van der Waals surface area contributed by atoms with Crippen molar-refractivity contribution in [2.24, 2.45) is 11.8 Å². The topological polar surface area (TPSA) is 107 Å². The van der Waals surface area contributed by atoms with Gasteiger partial charge in [-0.25, -0.2) is 4.98 Å². The molecule has 242 valence electrons. The second-order valence-corrected chi connectivity index (χ2v) is 12.8. The van der Waals surface area contributed by atoms with E-state index in [9.17, 15) is 14.4 Å². The van der Waals surface area contributed by atoms with Crippen molar-refractivity contribution in [2.45, 2.75) is 31.1 Å². The van der Waals surface area contributed by atoms with Crippen molar-refractivity contribution >= 4 is 39.8 Å². The number of methoxy groups -OCH3 is 1. The summed E-state index contributed by atoms with van der Waals surface area (Å²) in [4.78, 5) is 43.7. The highest BCUT2D eigenvalue weighted by Gasteiger charge is 2.46. The number of nitrogens with zero attached hydrogens (tertiary/aromatic N) is 2. The number of carbonyl (C=O) groups is 3. The zero-order chi connectivity index (χ0) is 32.9. The SMILES string of the molecule is C=C[C@@H](CNC(=O)COC(C)=O)[C@H]1CCN2C(=O)S[C@@H](c3cc(-c4ccc(Oc5ccccc5)cc4)nc4ccc(OC)cc34)[C@@H]2C1. The summed E-state index contributed by atoms with van der Waals surface area (Å²) in [5, 5.41) is 3.76. The van der Waals surface area contributed by atoms with Gasteiger partial charge in [0, 0.05) is 37.0 Å². The van der Waals surface area contributed by atoms with E-state index in [1.54, 1.807) is 7.11 Å². The lowest BCUT2D eigenvalue weighted by Gasteiger charge is -2.39. The normalized spacial score (nSPS) is 19.5. The maximum Gasteiger partial charge on any atom is 0.303 e. The van der Waals surface area contributed by atoms with Crippen LogP contribution in [0.5, 0.6) is 17.2 Å². The van der Waals surface area contributed by atoms with Crippen molar-refractivity contribution in [3.8, 4) is 28.5 Å². The Labute approximate surface area is 278 Å². The number of hydrogen-bond donors (Lipinski definition) is 1. The molecule has 2 amide bonds. The molecule has 2 fully saturated rings. The fraction of sp³-hybridized carbons (Fsp3) is 0.297. The molecule has 4 atom stereocenters. The van der Waals surface area contributed by atoms with Crippen LogP contribution in [0.2, 0.25) is 0 Å². The fourth-order valence-electron chi connectivity index (χ4n) is 6.41. The van der Waals surface area contributed by atoms with Gasteiger partial charge in [0.1, 0.15) is 17.2 Å². The van der Waals surface area contributed by atoms with Gasteiger partial charge < -0.3 is 24.4 Å². The number of nitrogens with one attached hydrogen (secondary N) is 1. The monoisotopic (exact) mass is 651 g/mol. The minimum Gasteiger partial charge on any atom is -0.497 e. The van der Waals surface area contributed by atoms with Gasteiger partial charge in [-0.3, -0.25) is 14.4 Å². The van der Waals surface area contributed by atoms with Gasteiger partial charge in [0.25, 0.3) is 11.1 Å². The number of piperidine rings is 1. The van der Waals surface area contributed by atoms with Gasteiger partial charge >= 0.3 is 5.97 Å². The molecule has 1 N–H and O–H groups in total. The number of rotatable bonds is 11. The summed E-state index contributed by atoms with van der Waals surface area (Å²) >= 11 is 1.36. The molecule has 0 aliphatic carbocycles. The molecule has 0 bridgehead atoms. The van der Waals surface area contributed by atoms with Crippen LogP contribution in [0.4, 0.5) is 4.79 Å². The molecule has 2 aliphatic rings. The van der Waals surface area contributed by atoms with Crippen LogP contribution in [0.15, 0.2) is 91.5 Å². The molecule has 3 aromatic carbocycles. The van der Waals surface area contributed by atoms with Crippen LogP contribution < -0.4 is 14.8 Å². The highest BCUT2D eigenvalue weighted by atomic mass is 32.2. The molecule has 10 heteroatoms. The van der Waals surface area contributed by atoms with Gasteiger partial charge in [-0.05, 0) is 90.9 Å². The first kappa shape index (κ1) is 32.1. The van der Waals surface area contributed by atoms with Crippen molar-refractivity contribution in [3.63, 3.8) is 0 Å². The van der Waals surface area contributed by atoms with Crippen LogP contribution in [0.3, 0.4) is 0 Å². The van der Waals surface area contributed by atoms with Crippen molar-refractivity contribution in [2.75, 3.05) is 26.8 Å². The first-order chi connectivity index (χ1) is 22.8. The third-order valence-electron chi connectivity index (χ3n) is 8.83. The number of benzene rings is 3. The number of ether oxygens (including phenoxy) is 3. The van der Waals surface area contributed by atoms with Gasteiger partial charge in [0.15, 0.2) is 6.61 Å². The Morgan fingerprint density at radius 1 is 1.06 bits per heavy atom. The zero-order valence-corrected chi connectivity index (χ0v) is 27.2. The van der Waals surface area contributed by atoms with Crippen LogP contribution in [0, 0.1) is 11.8 Å². The van der Waals surface area contributed by atoms with Gasteiger partial charge in [-0.2, -0.15) is 0 Å². The number of amides is 2. The number of esters is 1. The third-order valence-corrected chi connectivity index (χ3v) is 10.1. The minimum absolute atomic E-state index is 0.00115. The van der Waals surface area contributed by atoms with Crippen molar-refractivity contribution in [3.05, 3.63) is 97.1 Å². The molecular formula is C37H37N3O6S. The third kappa shape index (κ3) is 7.28. The van der Waals surface area contributed by atoms with Crippen LogP contribution in [-0.2, 0) is 14.3 Å². The molecule has 9 nitrogen and oxygen atoms in total. The van der Waals surface area contributed by atoms with Gasteiger partial charge in [-0.15, -0.1) is 6.58 Å². The average Bonchev–Trinajstić information content (AvgIpc) is 3.42. The van der Waals surface area contributed by atoms with E-state index in [0.29, 0.717) is 13.1 Å². The smallest absolute Gasteiger partial charge is 0.303 e. The van der Waals surface area contributed by atoms with Crippen molar-refractivity contribution in [1.29, 1.82) is 0 Å². The summed E-state index contributed by atoms with van der Waals surface area (Å²) in [7, 11) is 1.64. The summed E-state index contributed by atoms with van der Waals surface area (Å²) in [6, 6.07) is 25.4. The van der Waals surface area contributed by atoms with Gasteiger partial charge in [0.05, 0.1) is 23.6 Å². The molecule has 2 saturated heterocycles. The Morgan fingerprint density at radius 2 is 1.81 bits per heavy atom. The molecule has 3 heterocycles. The molecule has 4 aromatic rings. The lowest BCUT2D eigenvalue weighted by molar-refractivity contribution is -0.146. The number of carbonyl (C=O) groups excluding carboxylic acids is 3. The molecule has 47 heavy (non-hydrogen) atoms. The van der Waals surface area contributed by atoms with E-state index in [0.717, 1.165) is 57.8 Å². The minimum atomic E-state index is -0.499. The second-order valence-electron chi connectivity index (χ2n) is 11.8. The van der Waals surface area contributed by atoms with Gasteiger partial charge in [0.2, 0.25) is 0 Å². The van der Waals surface area contributed by atoms with E-state index in [1.807, 2.05) is 83.8 Å². The summed E-state index contributed by atoms with van der Waals surface area (Å²) < 4.78 is 16.4. The number of pyridine rings is 1. The number of aromatic nitrogens is 1. The molecule has 0 saturated carbocycles. The Morgan fingerprint density at radius 3 is 2.53 bits per heavy atom. The molecule has 0 radical (unpaired) electrons. The molecule has 2 aliphatic heterocycles. The maximum absolute atomic E-state index is 13.4. The molecular weight excluding hydrogens is 614 g/mol. The Hall–Kier alpha value is -4.83. The molecule has 1 aromatic heterocycles. The Kier molecular flexibility index (Phi) is 9.77. The number of hydrogen-bond acceptors (Lipinski definition) is 8. The summed E-state index contributed by atoms with van der Waals surface area (Å²) in [5.74, 6) is 1.57. The van der Waals surface area contributed by atoms with E-state index in [1.165, 1.54) is 18.7 Å². The van der Waals surface area contributed by atoms with E-state index in [2.05, 4.69) is 18.0 Å². The fourth-order valence-corrected chi connectivity index (χ4v) is 7.72. The highest BCUT2D eigenvalue weighted by molar-refractivity contribution is 8.14. The van der Waals surface area contributed by atoms with Crippen LogP contribution >= 0.6 is 11.8 Å². The lowest BCUT2D eigenvalue weighted by Crippen LogP contribution is -2.45. The zero-order valence-electron chi connectivity index (χ0n) is 26.4. The Bertz CT molecular complexity index is 1780. The molecule has 0 spiro atoms. The summed E-state index contributed by atoms with van der Waals surface area (Å²) in [6.45, 7) is 6.03. The predicted octanol–water partition coefficient (Wildman–Crippen LogP) is 7.17. The molecule has 0 unspecified atom stereocenters. The van der Waals surface area contributed by atoms with Crippen LogP contribution in [-0.4, -0.2) is 59.8 Å². The van der Waals surface area contributed by atoms with Crippen LogP contribution in [0.25, 0.3) is 22.2 Å². The van der Waals surface area contributed by atoms with E-state index in [-0.39, 0.29) is 40.9 Å². The van der Waals surface area contributed by atoms with E-state index < -0.39 is 5.97 Å². The number of para-hydroxylation sites is 1. The van der Waals surface area contributed by atoms with Crippen molar-refractivity contribution in [1.82, 2.24) is 15.2 Å². The summed E-state index contributed by atoms with van der Waals surface area (Å²) in [5.41, 5.74) is 3.60. The molecule has 6 rings (SSSR count). The lowest BCUT2D eigenvalue weighted by atomic mass is 9.79. The second kappa shape index (κ2) is 14.3. The maximum atomic E-state index is 13.4. The van der Waals surface area contributed by atoms with Crippen LogP contribution in [0.1, 0.15) is 30.6 Å². The quantitative estimate of drug-likeness (QED) is 0.134. The van der Waals surface area contributed by atoms with E-state index in [4.69, 9.17) is 19.2 Å². The number of fused-ring (bicyclic) bond motifs is 2. The first-order valence-corrected chi connectivity index (χ1v) is 16.5. The standard InChI is InChI=1S/C37H37N3O6S/c1-4-24(21-38-35(42)22-45-23(2)41)26-16-17-40-34(18-26)36(47-37(40)43)31-20-33(39-32-15-14-29(44-3)19-30(31)32)25-10-12-28(13-11-25)46-27-8-6-5-7-9-27/h4-15,19-20,24,26,34,36H,1,16-18,21-22H2,2-3H3,(H,38,42)/t24-,26-,34-,36-/m0/s1. The van der Waals surface area contributed by atoms with E-state index >= 15 is 0 Å². The largest absolute Gasteiger partial charge is 0.497 e. The van der Waals surface area contributed by atoms with Gasteiger partial charge in [-0.1, -0.05) is 36.0 Å². The highest BCUT2D eigenvalue weighted by Crippen LogP contribution is 2.51. The number of thioether (sulfide) groups is 1. The van der Waals surface area contributed by atoms with Crippen molar-refractivity contribution < 1.29 is 28.6 Å². The average molecular weight is 652 g/mol. The Balaban J connectivity index is 1.28.